The molecule has 0 bridgehead atoms. The molecule has 0 atom stereocenters. The number of hydrogen-bond donors (Lipinski definition) is 0. The van der Waals surface area contributed by atoms with Gasteiger partial charge in [-0.05, 0) is 61.5 Å². The van der Waals surface area contributed by atoms with Crippen molar-refractivity contribution in [2.24, 2.45) is 0 Å². The van der Waals surface area contributed by atoms with Crippen molar-refractivity contribution in [2.45, 2.75) is 117 Å². The van der Waals surface area contributed by atoms with Crippen molar-refractivity contribution in [1.82, 2.24) is 0 Å². The summed E-state index contributed by atoms with van der Waals surface area (Å²) < 4.78 is 13.0. The smallest absolute Gasteiger partial charge is 0.135 e. The molecule has 3 aromatic rings. The number of ether oxygens (including phenoxy) is 2. The van der Waals surface area contributed by atoms with Crippen LogP contribution < -0.4 is 9.47 Å². The van der Waals surface area contributed by atoms with Crippen molar-refractivity contribution in [1.29, 1.82) is 0 Å². The fraction of sp³-hybridized carbons (Fsp3) is 0.632. The number of thioether (sulfide) groups is 2. The van der Waals surface area contributed by atoms with E-state index in [0.29, 0.717) is 0 Å². The molecule has 234 valence electrons. The predicted octanol–water partition coefficient (Wildman–Crippen LogP) is 12.5. The molecule has 0 aliphatic carbocycles. The van der Waals surface area contributed by atoms with Gasteiger partial charge < -0.3 is 9.47 Å². The van der Waals surface area contributed by atoms with Crippen LogP contribution in [0, 0.1) is 0 Å². The van der Waals surface area contributed by atoms with Crippen molar-refractivity contribution >= 4 is 45.1 Å². The molecule has 0 unspecified atom stereocenters. The van der Waals surface area contributed by atoms with E-state index >= 15 is 0 Å². The third-order valence-corrected chi connectivity index (χ3v) is 10.3. The lowest BCUT2D eigenvalue weighted by Gasteiger charge is -2.18. The summed E-state index contributed by atoms with van der Waals surface area (Å²) >= 11 is 4.23. The monoisotopic (exact) mass is 610 g/mol. The van der Waals surface area contributed by atoms with Gasteiger partial charge in [-0.2, -0.15) is 23.5 Å². The van der Waals surface area contributed by atoms with Crippen LogP contribution in [0.1, 0.15) is 117 Å². The van der Waals surface area contributed by atoms with Gasteiger partial charge >= 0.3 is 0 Å². The molecule has 3 aromatic carbocycles. The first-order valence-electron chi connectivity index (χ1n) is 17.2. The highest BCUT2D eigenvalue weighted by Crippen LogP contribution is 2.42. The number of fused-ring (bicyclic) bond motifs is 2. The van der Waals surface area contributed by atoms with Crippen LogP contribution in [0.5, 0.6) is 11.5 Å². The molecule has 0 aromatic heterocycles. The van der Waals surface area contributed by atoms with Gasteiger partial charge in [0.25, 0.3) is 0 Å². The van der Waals surface area contributed by atoms with Gasteiger partial charge in [-0.3, -0.25) is 0 Å². The Balaban J connectivity index is 1.43. The summed E-state index contributed by atoms with van der Waals surface area (Å²) in [5.74, 6) is 7.12. The molecule has 0 amide bonds. The molecular weight excluding hydrogens is 553 g/mol. The summed E-state index contributed by atoms with van der Waals surface area (Å²) in [6.45, 7) is 6.10. The number of unbranched alkanes of at least 4 members (excludes halogenated alkanes) is 12. The predicted molar refractivity (Wildman–Crippen MR) is 192 cm³/mol. The second-order valence-electron chi connectivity index (χ2n) is 11.6. The Kier molecular flexibility index (Phi) is 19.1. The molecule has 0 aliphatic rings. The fourth-order valence-corrected chi connectivity index (χ4v) is 7.53. The highest BCUT2D eigenvalue weighted by molar-refractivity contribution is 7.99. The normalized spacial score (nSPS) is 11.5. The van der Waals surface area contributed by atoms with Gasteiger partial charge in [0.2, 0.25) is 0 Å². The Hall–Kier alpha value is -1.52. The average Bonchev–Trinajstić information content (AvgIpc) is 3.02. The van der Waals surface area contributed by atoms with Crippen LogP contribution in [-0.4, -0.2) is 36.2 Å². The third kappa shape index (κ3) is 13.0. The maximum absolute atomic E-state index is 6.52. The zero-order valence-corrected chi connectivity index (χ0v) is 28.4. The van der Waals surface area contributed by atoms with E-state index in [1.54, 1.807) is 0 Å². The van der Waals surface area contributed by atoms with Gasteiger partial charge in [-0.25, -0.2) is 0 Å². The van der Waals surface area contributed by atoms with Crippen LogP contribution >= 0.6 is 23.5 Å². The molecule has 0 heterocycles. The van der Waals surface area contributed by atoms with Crippen molar-refractivity contribution in [3.05, 3.63) is 48.5 Å². The first-order chi connectivity index (χ1) is 20.9. The van der Waals surface area contributed by atoms with Gasteiger partial charge in [0.1, 0.15) is 11.5 Å². The van der Waals surface area contributed by atoms with E-state index in [1.807, 2.05) is 0 Å². The molecule has 0 saturated carbocycles. The molecule has 0 saturated heterocycles. The molecule has 0 radical (unpaired) electrons. The molecule has 2 nitrogen and oxygen atoms in total. The summed E-state index contributed by atoms with van der Waals surface area (Å²) in [6.07, 6.45) is 21.3. The zero-order chi connectivity index (χ0) is 29.5. The minimum Gasteiger partial charge on any atom is -0.492 e. The molecule has 0 aliphatic heterocycles. The topological polar surface area (TPSA) is 18.5 Å². The SMILES string of the molecule is CCCCCCCCSCCCCOc1c2ccccc2c(OCCCCSCCCCCCCC)c2ccccc12. The fourth-order valence-electron chi connectivity index (χ4n) is 5.49. The first kappa shape index (κ1) is 35.0. The molecule has 3 rings (SSSR count). The van der Waals surface area contributed by atoms with Gasteiger partial charge in [0, 0.05) is 21.5 Å². The lowest BCUT2D eigenvalue weighted by molar-refractivity contribution is 0.312. The maximum Gasteiger partial charge on any atom is 0.135 e. The van der Waals surface area contributed by atoms with Gasteiger partial charge in [0.05, 0.1) is 13.2 Å². The van der Waals surface area contributed by atoms with Crippen molar-refractivity contribution < 1.29 is 9.47 Å². The molecule has 0 fully saturated rings. The largest absolute Gasteiger partial charge is 0.492 e. The summed E-state index contributed by atoms with van der Waals surface area (Å²) in [5.41, 5.74) is 0. The summed E-state index contributed by atoms with van der Waals surface area (Å²) in [5, 5.41) is 4.66. The second kappa shape index (κ2) is 22.9. The van der Waals surface area contributed by atoms with E-state index in [1.165, 1.54) is 113 Å². The number of rotatable bonds is 26. The Bertz CT molecular complexity index is 956. The lowest BCUT2D eigenvalue weighted by Crippen LogP contribution is -2.03. The van der Waals surface area contributed by atoms with E-state index in [2.05, 4.69) is 85.9 Å². The molecule has 4 heteroatoms. The lowest BCUT2D eigenvalue weighted by atomic mass is 10.0. The van der Waals surface area contributed by atoms with Crippen molar-refractivity contribution in [3.63, 3.8) is 0 Å². The highest BCUT2D eigenvalue weighted by atomic mass is 32.2. The standard InChI is InChI=1S/C38H58O2S2/c1-3-5-7-9-11-19-29-41-31-21-17-27-39-37-33-23-13-15-25-35(33)38(36-26-16-14-24-34(36)37)40-28-18-22-32-42-30-20-12-10-8-6-4-2/h13-16,23-26H,3-12,17-22,27-32H2,1-2H3. The second-order valence-corrected chi connectivity index (χ2v) is 14.1. The Morgan fingerprint density at radius 2 is 0.714 bits per heavy atom. The molecular formula is C38H58O2S2. The number of benzene rings is 3. The van der Waals surface area contributed by atoms with E-state index in [4.69, 9.17) is 9.47 Å². The van der Waals surface area contributed by atoms with Crippen LogP contribution in [-0.2, 0) is 0 Å². The quantitative estimate of drug-likeness (QED) is 0.0664. The zero-order valence-electron chi connectivity index (χ0n) is 26.8. The first-order valence-corrected chi connectivity index (χ1v) is 19.5. The molecule has 42 heavy (non-hydrogen) atoms. The summed E-state index contributed by atoms with van der Waals surface area (Å²) in [6, 6.07) is 17.2. The van der Waals surface area contributed by atoms with Crippen LogP contribution in [0.15, 0.2) is 48.5 Å². The van der Waals surface area contributed by atoms with Crippen LogP contribution in [0.2, 0.25) is 0 Å². The van der Waals surface area contributed by atoms with Crippen molar-refractivity contribution in [2.75, 3.05) is 36.2 Å². The minimum absolute atomic E-state index is 0.766. The minimum atomic E-state index is 0.766. The third-order valence-electron chi connectivity index (χ3n) is 7.98. The average molecular weight is 611 g/mol. The van der Waals surface area contributed by atoms with E-state index < -0.39 is 0 Å². The van der Waals surface area contributed by atoms with Crippen LogP contribution in [0.25, 0.3) is 21.5 Å². The van der Waals surface area contributed by atoms with E-state index in [9.17, 15) is 0 Å². The van der Waals surface area contributed by atoms with Crippen LogP contribution in [0.4, 0.5) is 0 Å². The number of hydrogen-bond acceptors (Lipinski definition) is 4. The van der Waals surface area contributed by atoms with Crippen LogP contribution in [0.3, 0.4) is 0 Å². The van der Waals surface area contributed by atoms with Gasteiger partial charge in [-0.15, -0.1) is 0 Å². The Morgan fingerprint density at radius 3 is 1.07 bits per heavy atom. The van der Waals surface area contributed by atoms with Gasteiger partial charge in [-0.1, -0.05) is 127 Å². The van der Waals surface area contributed by atoms with Crippen molar-refractivity contribution in [3.8, 4) is 11.5 Å². The maximum atomic E-state index is 6.52. The summed E-state index contributed by atoms with van der Waals surface area (Å²) in [7, 11) is 0. The Labute approximate surface area is 266 Å². The Morgan fingerprint density at radius 1 is 0.405 bits per heavy atom. The molecule has 0 N–H and O–H groups in total. The molecule has 0 spiro atoms. The van der Waals surface area contributed by atoms with Gasteiger partial charge in [0.15, 0.2) is 0 Å². The highest BCUT2D eigenvalue weighted by Gasteiger charge is 2.15. The van der Waals surface area contributed by atoms with E-state index in [0.717, 1.165) is 59.1 Å². The van der Waals surface area contributed by atoms with E-state index in [-0.39, 0.29) is 0 Å². The summed E-state index contributed by atoms with van der Waals surface area (Å²) in [4.78, 5) is 0.